The molecule has 0 bridgehead atoms. The molecule has 1 saturated carbocycles. The fraction of sp³-hybridized carbons (Fsp3) is 0.933. The van der Waals surface area contributed by atoms with Gasteiger partial charge in [0.25, 0.3) is 0 Å². The van der Waals surface area contributed by atoms with Crippen LogP contribution < -0.4 is 5.73 Å². The second-order valence-corrected chi connectivity index (χ2v) is 5.60. The van der Waals surface area contributed by atoms with Gasteiger partial charge >= 0.3 is 6.03 Å². The van der Waals surface area contributed by atoms with Crippen molar-refractivity contribution in [1.29, 1.82) is 0 Å². The summed E-state index contributed by atoms with van der Waals surface area (Å²) in [6.45, 7) is 4.39. The molecule has 1 unspecified atom stereocenters. The second kappa shape index (κ2) is 8.39. The van der Waals surface area contributed by atoms with Crippen molar-refractivity contribution >= 4 is 6.03 Å². The minimum atomic E-state index is -0.203. The Hall–Kier alpha value is -0.730. The summed E-state index contributed by atoms with van der Waals surface area (Å²) in [6, 6.07) is 0.560. The smallest absolute Gasteiger partial charge is 0.315 e. The normalized spacial score (nSPS) is 18.6. The quantitative estimate of drug-likeness (QED) is 0.684. The molecule has 1 aliphatic rings. The number of unbranched alkanes of at least 4 members (excludes halogenated alkanes) is 2. The zero-order valence-electron chi connectivity index (χ0n) is 12.2. The Morgan fingerprint density at radius 3 is 2.39 bits per heavy atom. The number of nitrogens with two attached hydrogens (primary N) is 1. The molecule has 0 aromatic carbocycles. The Labute approximate surface area is 112 Å². The third-order valence-corrected chi connectivity index (χ3v) is 4.23. The van der Waals surface area contributed by atoms with Crippen LogP contribution in [0, 0.1) is 0 Å². The Balaban J connectivity index is 2.58. The summed E-state index contributed by atoms with van der Waals surface area (Å²) in [5.41, 5.74) is 5.64. The van der Waals surface area contributed by atoms with Gasteiger partial charge in [-0.1, -0.05) is 52.4 Å². The van der Waals surface area contributed by atoms with Crippen LogP contribution in [0.3, 0.4) is 0 Å². The first-order valence-electron chi connectivity index (χ1n) is 7.78. The van der Waals surface area contributed by atoms with Crippen molar-refractivity contribution in [3.8, 4) is 0 Å². The van der Waals surface area contributed by atoms with Crippen LogP contribution in [0.4, 0.5) is 4.79 Å². The SMILES string of the molecule is CCCCCC(CC)N(C(N)=O)C1CCCCC1. The lowest BCUT2D eigenvalue weighted by atomic mass is 9.92. The van der Waals surface area contributed by atoms with Crippen molar-refractivity contribution in [3.63, 3.8) is 0 Å². The van der Waals surface area contributed by atoms with E-state index in [1.807, 2.05) is 4.90 Å². The van der Waals surface area contributed by atoms with Gasteiger partial charge in [-0.25, -0.2) is 4.79 Å². The van der Waals surface area contributed by atoms with Crippen molar-refractivity contribution in [2.75, 3.05) is 0 Å². The molecule has 0 spiro atoms. The Bertz CT molecular complexity index is 237. The fourth-order valence-electron chi connectivity index (χ4n) is 3.19. The molecule has 0 aromatic heterocycles. The van der Waals surface area contributed by atoms with Gasteiger partial charge in [0.2, 0.25) is 0 Å². The third kappa shape index (κ3) is 4.51. The first-order chi connectivity index (χ1) is 8.70. The maximum atomic E-state index is 11.8. The number of primary amides is 1. The molecule has 3 nitrogen and oxygen atoms in total. The maximum absolute atomic E-state index is 11.8. The van der Waals surface area contributed by atoms with E-state index in [4.69, 9.17) is 5.73 Å². The van der Waals surface area contributed by atoms with Gasteiger partial charge < -0.3 is 10.6 Å². The van der Waals surface area contributed by atoms with E-state index in [1.54, 1.807) is 0 Å². The molecular weight excluding hydrogens is 224 g/mol. The summed E-state index contributed by atoms with van der Waals surface area (Å²) in [6.07, 6.45) is 12.0. The number of amides is 2. The van der Waals surface area contributed by atoms with Crippen LogP contribution in [0.5, 0.6) is 0 Å². The lowest BCUT2D eigenvalue weighted by Gasteiger charge is -2.38. The van der Waals surface area contributed by atoms with E-state index in [0.29, 0.717) is 12.1 Å². The molecule has 0 aliphatic heterocycles. The van der Waals surface area contributed by atoms with Gasteiger partial charge in [-0.2, -0.15) is 0 Å². The molecule has 0 saturated heterocycles. The largest absolute Gasteiger partial charge is 0.351 e. The summed E-state index contributed by atoms with van der Waals surface area (Å²) in [4.78, 5) is 13.8. The number of nitrogens with zero attached hydrogens (tertiary/aromatic N) is 1. The zero-order chi connectivity index (χ0) is 13.4. The Morgan fingerprint density at radius 1 is 1.22 bits per heavy atom. The highest BCUT2D eigenvalue weighted by molar-refractivity contribution is 5.72. The lowest BCUT2D eigenvalue weighted by Crippen LogP contribution is -2.50. The van der Waals surface area contributed by atoms with Crippen LogP contribution in [0.25, 0.3) is 0 Å². The van der Waals surface area contributed by atoms with E-state index in [-0.39, 0.29) is 6.03 Å². The van der Waals surface area contributed by atoms with Crippen LogP contribution in [0.15, 0.2) is 0 Å². The van der Waals surface area contributed by atoms with Crippen LogP contribution in [-0.4, -0.2) is 23.0 Å². The van der Waals surface area contributed by atoms with Crippen molar-refractivity contribution in [3.05, 3.63) is 0 Å². The van der Waals surface area contributed by atoms with Gasteiger partial charge in [0.15, 0.2) is 0 Å². The van der Waals surface area contributed by atoms with E-state index in [0.717, 1.165) is 25.7 Å². The van der Waals surface area contributed by atoms with E-state index >= 15 is 0 Å². The monoisotopic (exact) mass is 254 g/mol. The molecule has 0 aromatic rings. The highest BCUT2D eigenvalue weighted by Gasteiger charge is 2.28. The zero-order valence-corrected chi connectivity index (χ0v) is 12.2. The highest BCUT2D eigenvalue weighted by Crippen LogP contribution is 2.26. The van der Waals surface area contributed by atoms with E-state index in [1.165, 1.54) is 38.5 Å². The minimum Gasteiger partial charge on any atom is -0.351 e. The maximum Gasteiger partial charge on any atom is 0.315 e. The molecule has 18 heavy (non-hydrogen) atoms. The summed E-state index contributed by atoms with van der Waals surface area (Å²) in [5, 5.41) is 0. The van der Waals surface area contributed by atoms with Crippen molar-refractivity contribution in [2.45, 2.75) is 90.1 Å². The predicted molar refractivity (Wildman–Crippen MR) is 76.5 cm³/mol. The summed E-state index contributed by atoms with van der Waals surface area (Å²) < 4.78 is 0. The third-order valence-electron chi connectivity index (χ3n) is 4.23. The van der Waals surface area contributed by atoms with Gasteiger partial charge in [0.1, 0.15) is 0 Å². The molecule has 0 heterocycles. The number of hydrogen-bond donors (Lipinski definition) is 1. The van der Waals surface area contributed by atoms with Crippen LogP contribution in [-0.2, 0) is 0 Å². The Kier molecular flexibility index (Phi) is 7.14. The van der Waals surface area contributed by atoms with Gasteiger partial charge in [0.05, 0.1) is 0 Å². The van der Waals surface area contributed by atoms with Crippen LogP contribution in [0.1, 0.15) is 78.1 Å². The number of carbonyl (C=O) groups is 1. The molecule has 1 rings (SSSR count). The van der Waals surface area contributed by atoms with Crippen LogP contribution >= 0.6 is 0 Å². The Morgan fingerprint density at radius 2 is 1.89 bits per heavy atom. The number of carbonyl (C=O) groups excluding carboxylic acids is 1. The van der Waals surface area contributed by atoms with E-state index < -0.39 is 0 Å². The highest BCUT2D eigenvalue weighted by atomic mass is 16.2. The predicted octanol–water partition coefficient (Wildman–Crippen LogP) is 4.06. The van der Waals surface area contributed by atoms with Gasteiger partial charge in [-0.15, -0.1) is 0 Å². The molecule has 1 aliphatic carbocycles. The lowest BCUT2D eigenvalue weighted by molar-refractivity contribution is 0.122. The molecule has 0 radical (unpaired) electrons. The molecule has 2 amide bonds. The average molecular weight is 254 g/mol. The standard InChI is InChI=1S/C15H30N2O/c1-3-5-7-10-13(4-2)17(15(16)18)14-11-8-6-9-12-14/h13-14H,3-12H2,1-2H3,(H2,16,18). The number of urea groups is 1. The molecule has 106 valence electrons. The summed E-state index contributed by atoms with van der Waals surface area (Å²) >= 11 is 0. The van der Waals surface area contributed by atoms with Crippen molar-refractivity contribution < 1.29 is 4.79 Å². The first kappa shape index (κ1) is 15.3. The van der Waals surface area contributed by atoms with Crippen molar-refractivity contribution in [1.82, 2.24) is 4.90 Å². The average Bonchev–Trinajstić information content (AvgIpc) is 2.38. The molecule has 3 heteroatoms. The fourth-order valence-corrected chi connectivity index (χ4v) is 3.19. The van der Waals surface area contributed by atoms with Crippen LogP contribution in [0.2, 0.25) is 0 Å². The molecule has 1 atom stereocenters. The second-order valence-electron chi connectivity index (χ2n) is 5.60. The van der Waals surface area contributed by atoms with Gasteiger partial charge in [-0.05, 0) is 25.7 Å². The number of rotatable bonds is 7. The summed E-state index contributed by atoms with van der Waals surface area (Å²) in [5.74, 6) is 0. The van der Waals surface area contributed by atoms with Gasteiger partial charge in [0, 0.05) is 12.1 Å². The number of hydrogen-bond acceptors (Lipinski definition) is 1. The molecule has 1 fully saturated rings. The van der Waals surface area contributed by atoms with E-state index in [2.05, 4.69) is 13.8 Å². The summed E-state index contributed by atoms with van der Waals surface area (Å²) in [7, 11) is 0. The topological polar surface area (TPSA) is 46.3 Å². The van der Waals surface area contributed by atoms with Gasteiger partial charge in [-0.3, -0.25) is 0 Å². The molecular formula is C15H30N2O. The molecule has 2 N–H and O–H groups in total. The van der Waals surface area contributed by atoms with Crippen molar-refractivity contribution in [2.24, 2.45) is 5.73 Å². The first-order valence-corrected chi connectivity index (χ1v) is 7.78. The minimum absolute atomic E-state index is 0.203. The van der Waals surface area contributed by atoms with E-state index in [9.17, 15) is 4.79 Å².